The average molecular weight is 562 g/mol. The normalized spacial score (nSPS) is 14.2. The molecule has 1 atom stereocenters. The van der Waals surface area contributed by atoms with E-state index >= 15 is 0 Å². The number of aliphatic hydroxyl groups excluding tert-OH is 1. The van der Waals surface area contributed by atoms with Crippen molar-refractivity contribution in [1.29, 1.82) is 0 Å². The van der Waals surface area contributed by atoms with Crippen LogP contribution in [0.2, 0.25) is 0 Å². The molecule has 6 nitrogen and oxygen atoms in total. The molecule has 1 aliphatic heterocycles. The number of nitrogens with zero attached hydrogens (tertiary/aromatic N) is 2. The first-order valence-electron chi connectivity index (χ1n) is 12.6. The lowest BCUT2D eigenvalue weighted by Gasteiger charge is -2.37. The van der Waals surface area contributed by atoms with Gasteiger partial charge in [0.25, 0.3) is 0 Å². The number of anilines is 1. The van der Waals surface area contributed by atoms with E-state index in [1.807, 2.05) is 30.3 Å². The highest BCUT2D eigenvalue weighted by molar-refractivity contribution is 5.97. The molecule has 0 spiro atoms. The summed E-state index contributed by atoms with van der Waals surface area (Å²) in [6, 6.07) is 21.7. The third-order valence-electron chi connectivity index (χ3n) is 6.71. The average Bonchev–Trinajstić information content (AvgIpc) is 2.89. The van der Waals surface area contributed by atoms with Crippen LogP contribution in [0.1, 0.15) is 34.0 Å². The van der Waals surface area contributed by atoms with Gasteiger partial charge in [0, 0.05) is 44.5 Å². The molecule has 0 amide bonds. The molecule has 3 aromatic rings. The molecule has 1 aliphatic rings. The number of β-amino-alcohol motifs (C(OH)–C–C–N with tert-alkyl or cyclic N) is 1. The second-order valence-electron chi connectivity index (χ2n) is 9.51. The van der Waals surface area contributed by atoms with Gasteiger partial charge < -0.3 is 19.5 Å². The van der Waals surface area contributed by atoms with Gasteiger partial charge in [-0.15, -0.1) is 24.8 Å². The van der Waals surface area contributed by atoms with E-state index < -0.39 is 6.10 Å². The minimum absolute atomic E-state index is 0. The lowest BCUT2D eigenvalue weighted by atomic mass is 10.1. The van der Waals surface area contributed by atoms with Crippen LogP contribution in [-0.2, 0) is 6.61 Å². The second-order valence-corrected chi connectivity index (χ2v) is 9.51. The number of aliphatic hydroxyl groups is 1. The van der Waals surface area contributed by atoms with Crippen LogP contribution < -0.4 is 14.4 Å². The van der Waals surface area contributed by atoms with Crippen molar-refractivity contribution in [1.82, 2.24) is 4.90 Å². The Morgan fingerprint density at radius 3 is 2.26 bits per heavy atom. The first-order valence-corrected chi connectivity index (χ1v) is 12.6. The number of ether oxygens (including phenoxy) is 2. The quantitative estimate of drug-likeness (QED) is 0.331. The molecule has 0 aliphatic carbocycles. The van der Waals surface area contributed by atoms with E-state index in [1.165, 1.54) is 23.7 Å². The van der Waals surface area contributed by atoms with Gasteiger partial charge in [0.05, 0.1) is 5.56 Å². The highest BCUT2D eigenvalue weighted by Gasteiger charge is 2.21. The molecule has 0 bridgehead atoms. The smallest absolute Gasteiger partial charge is 0.163 e. The maximum absolute atomic E-state index is 12.1. The van der Waals surface area contributed by atoms with Crippen LogP contribution >= 0.6 is 24.8 Å². The molecule has 1 saturated heterocycles. The van der Waals surface area contributed by atoms with E-state index in [-0.39, 0.29) is 37.2 Å². The van der Waals surface area contributed by atoms with Gasteiger partial charge in [-0.1, -0.05) is 36.4 Å². The minimum atomic E-state index is -0.660. The number of rotatable bonds is 10. The number of aryl methyl sites for hydroxylation is 2. The van der Waals surface area contributed by atoms with Gasteiger partial charge in [0.2, 0.25) is 0 Å². The van der Waals surface area contributed by atoms with Crippen LogP contribution in [-0.4, -0.2) is 61.2 Å². The molecule has 0 saturated carbocycles. The Hall–Kier alpha value is -2.77. The van der Waals surface area contributed by atoms with Gasteiger partial charge in [-0.05, 0) is 61.7 Å². The lowest BCUT2D eigenvalue weighted by molar-refractivity contribution is 0.0655. The van der Waals surface area contributed by atoms with E-state index in [0.717, 1.165) is 31.7 Å². The van der Waals surface area contributed by atoms with Crippen molar-refractivity contribution >= 4 is 36.3 Å². The Labute approximate surface area is 238 Å². The number of benzene rings is 3. The van der Waals surface area contributed by atoms with Crippen molar-refractivity contribution in [2.24, 2.45) is 0 Å². The first kappa shape index (κ1) is 31.4. The third-order valence-corrected chi connectivity index (χ3v) is 6.71. The number of hydrogen-bond donors (Lipinski definition) is 1. The van der Waals surface area contributed by atoms with E-state index in [2.05, 4.69) is 41.8 Å². The Morgan fingerprint density at radius 2 is 1.61 bits per heavy atom. The van der Waals surface area contributed by atoms with Gasteiger partial charge in [0.15, 0.2) is 5.78 Å². The van der Waals surface area contributed by atoms with Crippen molar-refractivity contribution in [3.8, 4) is 11.5 Å². The van der Waals surface area contributed by atoms with Crippen molar-refractivity contribution in [3.63, 3.8) is 0 Å². The highest BCUT2D eigenvalue weighted by Crippen LogP contribution is 2.27. The number of Topliss-reactive ketones (excluding diaryl/α,β-unsaturated/α-hetero) is 1. The van der Waals surface area contributed by atoms with E-state index in [9.17, 15) is 9.90 Å². The summed E-state index contributed by atoms with van der Waals surface area (Å²) in [5.41, 5.74) is 5.41. The molecule has 1 N–H and O–H groups in total. The predicted molar refractivity (Wildman–Crippen MR) is 158 cm³/mol. The number of carbonyl (C=O) groups is 1. The van der Waals surface area contributed by atoms with E-state index in [4.69, 9.17) is 9.47 Å². The number of hydrogen-bond acceptors (Lipinski definition) is 6. The molecule has 0 radical (unpaired) electrons. The summed E-state index contributed by atoms with van der Waals surface area (Å²) in [5, 5.41) is 10.7. The van der Waals surface area contributed by atoms with Crippen molar-refractivity contribution in [2.45, 2.75) is 33.5 Å². The maximum Gasteiger partial charge on any atom is 0.163 e. The fourth-order valence-electron chi connectivity index (χ4n) is 4.39. The van der Waals surface area contributed by atoms with Gasteiger partial charge in [0.1, 0.15) is 30.8 Å². The summed E-state index contributed by atoms with van der Waals surface area (Å²) in [4.78, 5) is 16.8. The summed E-state index contributed by atoms with van der Waals surface area (Å²) in [5.74, 6) is 0.971. The number of carbonyl (C=O) groups excluding carboxylic acids is 1. The summed E-state index contributed by atoms with van der Waals surface area (Å²) in [7, 11) is 0. The molecule has 1 heterocycles. The molecule has 8 heteroatoms. The fraction of sp³-hybridized carbons (Fsp3) is 0.367. The van der Waals surface area contributed by atoms with Crippen LogP contribution in [0.5, 0.6) is 11.5 Å². The fourth-order valence-corrected chi connectivity index (χ4v) is 4.39. The summed E-state index contributed by atoms with van der Waals surface area (Å²) < 4.78 is 11.8. The Morgan fingerprint density at radius 1 is 0.895 bits per heavy atom. The molecule has 206 valence electrons. The molecule has 1 fully saturated rings. The van der Waals surface area contributed by atoms with E-state index in [1.54, 1.807) is 18.2 Å². The van der Waals surface area contributed by atoms with Crippen LogP contribution in [0.4, 0.5) is 5.69 Å². The molecule has 4 rings (SSSR count). The Kier molecular flexibility index (Phi) is 12.4. The first-order chi connectivity index (χ1) is 17.4. The molecule has 3 aromatic carbocycles. The van der Waals surface area contributed by atoms with Crippen molar-refractivity contribution < 1.29 is 19.4 Å². The second kappa shape index (κ2) is 15.0. The monoisotopic (exact) mass is 560 g/mol. The Bertz CT molecular complexity index is 1170. The SMILES string of the molecule is CC(=O)c1ccc(OCc2ccccc2)cc1OCC(O)CN1CCN(c2ccc(C)c(C)c2)CC1.Cl.Cl. The summed E-state index contributed by atoms with van der Waals surface area (Å²) in [6.45, 7) is 10.5. The standard InChI is InChI=1S/C30H36N2O4.2ClH/c1-22-9-10-26(17-23(22)2)32-15-13-31(14-16-32)19-27(34)21-36-30-18-28(11-12-29(30)24(3)33)35-20-25-7-5-4-6-8-25;;/h4-12,17-18,27,34H,13-16,19-21H2,1-3H3;2*1H. The molecule has 1 unspecified atom stereocenters. The largest absolute Gasteiger partial charge is 0.490 e. The molecular weight excluding hydrogens is 523 g/mol. The lowest BCUT2D eigenvalue weighted by Crippen LogP contribution is -2.49. The highest BCUT2D eigenvalue weighted by atomic mass is 35.5. The third kappa shape index (κ3) is 8.63. The van der Waals surface area contributed by atoms with Crippen molar-refractivity contribution in [2.75, 3.05) is 44.2 Å². The maximum atomic E-state index is 12.1. The summed E-state index contributed by atoms with van der Waals surface area (Å²) in [6.07, 6.45) is -0.660. The van der Waals surface area contributed by atoms with Crippen LogP contribution in [0.25, 0.3) is 0 Å². The van der Waals surface area contributed by atoms with Crippen LogP contribution in [0, 0.1) is 13.8 Å². The van der Waals surface area contributed by atoms with Gasteiger partial charge in [-0.2, -0.15) is 0 Å². The topological polar surface area (TPSA) is 62.2 Å². The Balaban J connectivity index is 0.00000253. The molecule has 38 heavy (non-hydrogen) atoms. The van der Waals surface area contributed by atoms with Crippen LogP contribution in [0.3, 0.4) is 0 Å². The molecule has 0 aromatic heterocycles. The number of halogens is 2. The minimum Gasteiger partial charge on any atom is -0.490 e. The number of ketones is 1. The zero-order valence-electron chi connectivity index (χ0n) is 22.3. The number of piperazine rings is 1. The zero-order valence-corrected chi connectivity index (χ0v) is 23.9. The van der Waals surface area contributed by atoms with Crippen molar-refractivity contribution in [3.05, 3.63) is 89.0 Å². The predicted octanol–water partition coefficient (Wildman–Crippen LogP) is 5.49. The van der Waals surface area contributed by atoms with Gasteiger partial charge >= 0.3 is 0 Å². The summed E-state index contributed by atoms with van der Waals surface area (Å²) >= 11 is 0. The molecular formula is C30H38Cl2N2O4. The van der Waals surface area contributed by atoms with Gasteiger partial charge in [-0.25, -0.2) is 0 Å². The van der Waals surface area contributed by atoms with Crippen LogP contribution in [0.15, 0.2) is 66.7 Å². The van der Waals surface area contributed by atoms with Gasteiger partial charge in [-0.3, -0.25) is 9.69 Å². The van der Waals surface area contributed by atoms with E-state index in [0.29, 0.717) is 30.2 Å². The zero-order chi connectivity index (χ0) is 25.5.